The van der Waals surface area contributed by atoms with E-state index in [4.69, 9.17) is 0 Å². The summed E-state index contributed by atoms with van der Waals surface area (Å²) >= 11 is 0. The van der Waals surface area contributed by atoms with Crippen LogP contribution in [0.2, 0.25) is 0 Å². The summed E-state index contributed by atoms with van der Waals surface area (Å²) in [5.41, 5.74) is 1.14. The van der Waals surface area contributed by atoms with Crippen molar-refractivity contribution >= 4 is 34.3 Å². The van der Waals surface area contributed by atoms with Crippen LogP contribution in [0.25, 0.3) is 10.9 Å². The molecular formula is C28H34N6O4. The first kappa shape index (κ1) is 25.6. The van der Waals surface area contributed by atoms with Crippen LogP contribution in [0.5, 0.6) is 0 Å². The van der Waals surface area contributed by atoms with E-state index in [-0.39, 0.29) is 35.4 Å². The van der Waals surface area contributed by atoms with Crippen molar-refractivity contribution in [3.05, 3.63) is 69.4 Å². The van der Waals surface area contributed by atoms with Crippen LogP contribution in [0, 0.1) is 5.92 Å². The second-order valence-corrected chi connectivity index (χ2v) is 10.5. The van der Waals surface area contributed by atoms with Crippen molar-refractivity contribution in [3.8, 4) is 0 Å². The summed E-state index contributed by atoms with van der Waals surface area (Å²) < 4.78 is 2.99. The minimum absolute atomic E-state index is 0.117. The number of aromatic nitrogens is 2. The predicted molar refractivity (Wildman–Crippen MR) is 148 cm³/mol. The Balaban J connectivity index is 1.30. The summed E-state index contributed by atoms with van der Waals surface area (Å²) in [7, 11) is 0. The highest BCUT2D eigenvalue weighted by atomic mass is 16.2. The Bertz CT molecular complexity index is 1460. The smallest absolute Gasteiger partial charge is 0.331 e. The fraction of sp³-hybridized carbons (Fsp3) is 0.429. The molecule has 2 heterocycles. The maximum absolute atomic E-state index is 13.3. The van der Waals surface area contributed by atoms with Gasteiger partial charge in [0.15, 0.2) is 0 Å². The molecule has 2 aromatic carbocycles. The highest BCUT2D eigenvalue weighted by Crippen LogP contribution is 2.30. The van der Waals surface area contributed by atoms with E-state index in [1.807, 2.05) is 32.0 Å². The first-order chi connectivity index (χ1) is 18.3. The lowest BCUT2D eigenvalue weighted by atomic mass is 10.2. The third-order valence-electron chi connectivity index (χ3n) is 7.24. The number of nitrogens with one attached hydrogen (secondary N) is 3. The maximum Gasteiger partial charge on any atom is 0.331 e. The van der Waals surface area contributed by atoms with Crippen LogP contribution in [0.4, 0.5) is 21.0 Å². The Hall–Kier alpha value is -4.08. The second kappa shape index (κ2) is 10.7. The number of hydrogen-bond acceptors (Lipinski definition) is 4. The molecular weight excluding hydrogens is 484 g/mol. The van der Waals surface area contributed by atoms with Gasteiger partial charge in [0, 0.05) is 37.1 Å². The Kier molecular flexibility index (Phi) is 7.22. The van der Waals surface area contributed by atoms with Gasteiger partial charge in [-0.1, -0.05) is 18.2 Å². The Labute approximate surface area is 220 Å². The van der Waals surface area contributed by atoms with Gasteiger partial charge in [0.05, 0.1) is 16.9 Å². The van der Waals surface area contributed by atoms with Gasteiger partial charge in [0.2, 0.25) is 0 Å². The van der Waals surface area contributed by atoms with E-state index in [2.05, 4.69) is 16.0 Å². The largest absolute Gasteiger partial charge is 0.336 e. The molecule has 1 aliphatic carbocycles. The Morgan fingerprint density at radius 3 is 2.45 bits per heavy atom. The molecule has 0 radical (unpaired) electrons. The van der Waals surface area contributed by atoms with Gasteiger partial charge in [-0.15, -0.1) is 0 Å². The lowest BCUT2D eigenvalue weighted by Gasteiger charge is -2.25. The Morgan fingerprint density at radius 2 is 1.74 bits per heavy atom. The number of rotatable bonds is 7. The highest BCUT2D eigenvalue weighted by molar-refractivity contribution is 5.93. The standard InChI is InChI=1S/C28H34N6O4/c1-18(2)34-24-13-12-21(15-23(24)25(35)33(28(34)38)17-19-10-11-19)31-27(37)32-14-6-9-22(32)16-29-26(36)30-20-7-4-3-5-8-20/h3-5,7-8,12-13,15,18-19,22H,6,9-11,14,16-17H2,1-2H3,(H,31,37)(H2,29,30,36). The molecule has 0 spiro atoms. The van der Waals surface area contributed by atoms with Gasteiger partial charge in [0.1, 0.15) is 0 Å². The van der Waals surface area contributed by atoms with E-state index in [0.717, 1.165) is 25.7 Å². The number of fused-ring (bicyclic) bond motifs is 1. The van der Waals surface area contributed by atoms with E-state index >= 15 is 0 Å². The van der Waals surface area contributed by atoms with Crippen LogP contribution < -0.4 is 27.2 Å². The average Bonchev–Trinajstić information content (AvgIpc) is 3.59. The number of hydrogen-bond donors (Lipinski definition) is 3. The van der Waals surface area contributed by atoms with E-state index in [1.54, 1.807) is 39.8 Å². The summed E-state index contributed by atoms with van der Waals surface area (Å²) in [6.07, 6.45) is 3.68. The second-order valence-electron chi connectivity index (χ2n) is 10.5. The normalized spacial score (nSPS) is 17.1. The van der Waals surface area contributed by atoms with Crippen LogP contribution >= 0.6 is 0 Å². The van der Waals surface area contributed by atoms with E-state index in [1.165, 1.54) is 4.57 Å². The first-order valence-corrected chi connectivity index (χ1v) is 13.3. The van der Waals surface area contributed by atoms with Crippen LogP contribution in [0.15, 0.2) is 58.1 Å². The molecule has 4 amide bonds. The number of urea groups is 2. The number of carbonyl (C=O) groups excluding carboxylic acids is 2. The molecule has 1 aromatic heterocycles. The number of amides is 4. The maximum atomic E-state index is 13.3. The molecule has 1 saturated heterocycles. The average molecular weight is 519 g/mol. The molecule has 2 aliphatic rings. The zero-order chi connectivity index (χ0) is 26.8. The zero-order valence-electron chi connectivity index (χ0n) is 21.8. The molecule has 200 valence electrons. The Morgan fingerprint density at radius 1 is 0.974 bits per heavy atom. The van der Waals surface area contributed by atoms with Gasteiger partial charge in [-0.25, -0.2) is 14.4 Å². The molecule has 2 fully saturated rings. The van der Waals surface area contributed by atoms with E-state index < -0.39 is 0 Å². The molecule has 0 bridgehead atoms. The highest BCUT2D eigenvalue weighted by Gasteiger charge is 2.29. The fourth-order valence-electron chi connectivity index (χ4n) is 5.10. The van der Waals surface area contributed by atoms with Crippen molar-refractivity contribution in [2.45, 2.75) is 58.2 Å². The van der Waals surface area contributed by atoms with Crippen molar-refractivity contribution in [1.29, 1.82) is 0 Å². The van der Waals surface area contributed by atoms with Gasteiger partial charge in [-0.05, 0) is 75.8 Å². The topological polar surface area (TPSA) is 117 Å². The van der Waals surface area contributed by atoms with E-state index in [9.17, 15) is 19.2 Å². The molecule has 10 nitrogen and oxygen atoms in total. The molecule has 3 aromatic rings. The monoisotopic (exact) mass is 518 g/mol. The van der Waals surface area contributed by atoms with Gasteiger partial charge in [-0.3, -0.25) is 13.9 Å². The summed E-state index contributed by atoms with van der Waals surface area (Å²) in [5, 5.41) is 8.97. The number of para-hydroxylation sites is 1. The summed E-state index contributed by atoms with van der Waals surface area (Å²) in [5.74, 6) is 0.372. The lowest BCUT2D eigenvalue weighted by Crippen LogP contribution is -2.45. The predicted octanol–water partition coefficient (Wildman–Crippen LogP) is 3.97. The van der Waals surface area contributed by atoms with Gasteiger partial charge < -0.3 is 20.9 Å². The summed E-state index contributed by atoms with van der Waals surface area (Å²) in [4.78, 5) is 53.6. The molecule has 1 atom stereocenters. The first-order valence-electron chi connectivity index (χ1n) is 13.3. The number of likely N-dealkylation sites (tertiary alicyclic amines) is 1. The quantitative estimate of drug-likeness (QED) is 0.439. The third-order valence-corrected chi connectivity index (χ3v) is 7.24. The summed E-state index contributed by atoms with van der Waals surface area (Å²) in [6, 6.07) is 13.4. The fourth-order valence-corrected chi connectivity index (χ4v) is 5.10. The number of anilines is 2. The molecule has 5 rings (SSSR count). The molecule has 1 saturated carbocycles. The van der Waals surface area contributed by atoms with Crippen molar-refractivity contribution < 1.29 is 9.59 Å². The van der Waals surface area contributed by atoms with Crippen molar-refractivity contribution in [1.82, 2.24) is 19.4 Å². The van der Waals surface area contributed by atoms with Crippen molar-refractivity contribution in [3.63, 3.8) is 0 Å². The zero-order valence-corrected chi connectivity index (χ0v) is 21.8. The minimum atomic E-state index is -0.323. The van der Waals surface area contributed by atoms with Crippen LogP contribution in [-0.4, -0.2) is 45.2 Å². The summed E-state index contributed by atoms with van der Waals surface area (Å²) in [6.45, 7) is 5.18. The number of carbonyl (C=O) groups is 2. The molecule has 1 aliphatic heterocycles. The minimum Gasteiger partial charge on any atom is -0.336 e. The van der Waals surface area contributed by atoms with Crippen LogP contribution in [0.3, 0.4) is 0 Å². The molecule has 3 N–H and O–H groups in total. The molecule has 38 heavy (non-hydrogen) atoms. The van der Waals surface area contributed by atoms with Gasteiger partial charge in [0.25, 0.3) is 5.56 Å². The van der Waals surface area contributed by atoms with Gasteiger partial charge in [-0.2, -0.15) is 0 Å². The van der Waals surface area contributed by atoms with Crippen molar-refractivity contribution in [2.75, 3.05) is 23.7 Å². The van der Waals surface area contributed by atoms with Gasteiger partial charge >= 0.3 is 17.8 Å². The van der Waals surface area contributed by atoms with Crippen molar-refractivity contribution in [2.24, 2.45) is 5.92 Å². The SMILES string of the molecule is CC(C)n1c(=O)n(CC2CC2)c(=O)c2cc(NC(=O)N3CCCC3CNC(=O)Nc3ccccc3)ccc21. The lowest BCUT2D eigenvalue weighted by molar-refractivity contribution is 0.204. The van der Waals surface area contributed by atoms with Crippen LogP contribution in [-0.2, 0) is 6.54 Å². The number of benzene rings is 2. The van der Waals surface area contributed by atoms with E-state index in [0.29, 0.717) is 47.8 Å². The molecule has 1 unspecified atom stereocenters. The number of nitrogens with zero attached hydrogens (tertiary/aromatic N) is 3. The molecule has 10 heteroatoms. The third kappa shape index (κ3) is 5.44. The van der Waals surface area contributed by atoms with Crippen LogP contribution in [0.1, 0.15) is 45.6 Å².